The largest absolute Gasteiger partial charge is 0.379 e. The number of carbonyl (C=O) groups is 1. The summed E-state index contributed by atoms with van der Waals surface area (Å²) in [4.78, 5) is 16.7. The number of anilines is 1. The number of rotatable bonds is 7. The lowest BCUT2D eigenvalue weighted by Gasteiger charge is -2.26. The Labute approximate surface area is 196 Å². The monoisotopic (exact) mass is 490 g/mol. The lowest BCUT2D eigenvalue weighted by Crippen LogP contribution is -2.40. The number of sulfonamides is 1. The van der Waals surface area contributed by atoms with Crippen LogP contribution in [-0.2, 0) is 26.0 Å². The van der Waals surface area contributed by atoms with Crippen LogP contribution in [0.5, 0.6) is 0 Å². The van der Waals surface area contributed by atoms with E-state index in [-0.39, 0.29) is 23.6 Å². The Bertz CT molecular complexity index is 1240. The molecule has 9 nitrogen and oxygen atoms in total. The summed E-state index contributed by atoms with van der Waals surface area (Å²) in [6, 6.07) is 11.6. The molecule has 0 unspecified atom stereocenters. The zero-order valence-corrected chi connectivity index (χ0v) is 19.5. The average Bonchev–Trinajstić information content (AvgIpc) is 3.30. The predicted octanol–water partition coefficient (Wildman–Crippen LogP) is 3.29. The Morgan fingerprint density at radius 3 is 2.58 bits per heavy atom. The van der Waals surface area contributed by atoms with Crippen LogP contribution in [-0.4, -0.2) is 55.1 Å². The second-order valence-electron chi connectivity index (χ2n) is 7.56. The fourth-order valence-corrected chi connectivity index (χ4v) is 4.89. The molecule has 1 fully saturated rings. The number of ether oxygens (including phenoxy) is 1. The molecule has 0 bridgehead atoms. The molecule has 1 amide bonds. The third-order valence-corrected chi connectivity index (χ3v) is 7.53. The summed E-state index contributed by atoms with van der Waals surface area (Å²) >= 11 is 6.08. The first-order chi connectivity index (χ1) is 15.8. The smallest absolute Gasteiger partial charge is 0.243 e. The molecule has 1 aliphatic heterocycles. The summed E-state index contributed by atoms with van der Waals surface area (Å²) in [5.41, 5.74) is 2.17. The Morgan fingerprint density at radius 2 is 1.88 bits per heavy atom. The van der Waals surface area contributed by atoms with E-state index in [9.17, 15) is 13.2 Å². The molecule has 174 valence electrons. The Hall–Kier alpha value is -2.79. The van der Waals surface area contributed by atoms with E-state index in [1.807, 2.05) is 13.0 Å². The van der Waals surface area contributed by atoms with Crippen molar-refractivity contribution in [3.63, 3.8) is 0 Å². The summed E-state index contributed by atoms with van der Waals surface area (Å²) < 4.78 is 37.3. The highest BCUT2D eigenvalue weighted by Gasteiger charge is 2.26. The number of morpholine rings is 1. The highest BCUT2D eigenvalue weighted by molar-refractivity contribution is 7.89. The van der Waals surface area contributed by atoms with Gasteiger partial charge in [0.15, 0.2) is 0 Å². The number of amides is 1. The minimum absolute atomic E-state index is 0.157. The predicted molar refractivity (Wildman–Crippen MR) is 122 cm³/mol. The van der Waals surface area contributed by atoms with Crippen LogP contribution >= 0.6 is 11.6 Å². The molecule has 33 heavy (non-hydrogen) atoms. The maximum Gasteiger partial charge on any atom is 0.243 e. The number of aromatic nitrogens is 2. The van der Waals surface area contributed by atoms with Gasteiger partial charge in [0.2, 0.25) is 27.6 Å². The van der Waals surface area contributed by atoms with Crippen LogP contribution in [0.3, 0.4) is 0 Å². The van der Waals surface area contributed by atoms with E-state index in [0.29, 0.717) is 54.3 Å². The zero-order chi connectivity index (χ0) is 23.4. The average molecular weight is 491 g/mol. The molecule has 2 aromatic carbocycles. The van der Waals surface area contributed by atoms with Gasteiger partial charge in [0.25, 0.3) is 0 Å². The van der Waals surface area contributed by atoms with Crippen molar-refractivity contribution in [1.29, 1.82) is 0 Å². The van der Waals surface area contributed by atoms with Crippen LogP contribution in [0.25, 0.3) is 11.4 Å². The third-order valence-electron chi connectivity index (χ3n) is 5.21. The molecular weight excluding hydrogens is 468 g/mol. The summed E-state index contributed by atoms with van der Waals surface area (Å²) in [6.07, 6.45) is 0.422. The quantitative estimate of drug-likeness (QED) is 0.540. The van der Waals surface area contributed by atoms with Crippen LogP contribution in [0.15, 0.2) is 51.9 Å². The molecular formula is C22H23ClN4O5S. The van der Waals surface area contributed by atoms with Gasteiger partial charge in [-0.3, -0.25) is 4.79 Å². The standard InChI is InChI=1S/C22H23ClN4O5S/c1-15-2-5-17(14-19(15)23)24-20(28)8-9-21-25-22(26-32-21)16-3-6-18(7-4-16)33(29,30)27-10-12-31-13-11-27/h2-7,14H,8-13H2,1H3,(H,24,28). The third kappa shape index (κ3) is 5.59. The fourth-order valence-electron chi connectivity index (χ4n) is 3.30. The van der Waals surface area contributed by atoms with Crippen molar-refractivity contribution >= 4 is 33.2 Å². The lowest BCUT2D eigenvalue weighted by atomic mass is 10.2. The summed E-state index contributed by atoms with van der Waals surface area (Å²) in [7, 11) is -3.57. The number of benzene rings is 2. The number of nitrogens with one attached hydrogen (secondary N) is 1. The molecule has 1 aromatic heterocycles. The SMILES string of the molecule is Cc1ccc(NC(=O)CCc2nc(-c3ccc(S(=O)(=O)N4CCOCC4)cc3)no2)cc1Cl. The van der Waals surface area contributed by atoms with Gasteiger partial charge in [0.05, 0.1) is 18.1 Å². The minimum atomic E-state index is -3.57. The van der Waals surface area contributed by atoms with Crippen molar-refractivity contribution in [3.05, 3.63) is 58.9 Å². The van der Waals surface area contributed by atoms with E-state index in [1.54, 1.807) is 24.3 Å². The van der Waals surface area contributed by atoms with Crippen LogP contribution in [0.1, 0.15) is 17.9 Å². The zero-order valence-electron chi connectivity index (χ0n) is 18.0. The topological polar surface area (TPSA) is 115 Å². The van der Waals surface area contributed by atoms with Gasteiger partial charge >= 0.3 is 0 Å². The maximum absolute atomic E-state index is 12.7. The van der Waals surface area contributed by atoms with Crippen molar-refractivity contribution in [3.8, 4) is 11.4 Å². The number of halogens is 1. The van der Waals surface area contributed by atoms with Gasteiger partial charge in [-0.25, -0.2) is 8.42 Å². The Kier molecular flexibility index (Phi) is 7.08. The lowest BCUT2D eigenvalue weighted by molar-refractivity contribution is -0.116. The molecule has 3 aromatic rings. The molecule has 0 aliphatic carbocycles. The van der Waals surface area contributed by atoms with Gasteiger partial charge in [-0.2, -0.15) is 9.29 Å². The molecule has 0 radical (unpaired) electrons. The van der Waals surface area contributed by atoms with E-state index in [4.69, 9.17) is 20.9 Å². The minimum Gasteiger partial charge on any atom is -0.379 e. The molecule has 11 heteroatoms. The first-order valence-corrected chi connectivity index (χ1v) is 12.2. The summed E-state index contributed by atoms with van der Waals surface area (Å²) in [5.74, 6) is 0.436. The second kappa shape index (κ2) is 10.0. The number of hydrogen-bond donors (Lipinski definition) is 1. The van der Waals surface area contributed by atoms with Crippen LogP contribution < -0.4 is 5.32 Å². The van der Waals surface area contributed by atoms with Gasteiger partial charge in [-0.15, -0.1) is 0 Å². The van der Waals surface area contributed by atoms with Gasteiger partial charge < -0.3 is 14.6 Å². The van der Waals surface area contributed by atoms with Gasteiger partial charge in [-0.05, 0) is 48.9 Å². The van der Waals surface area contributed by atoms with E-state index >= 15 is 0 Å². The normalized spacial score (nSPS) is 14.8. The first kappa shape index (κ1) is 23.4. The molecule has 2 heterocycles. The maximum atomic E-state index is 12.7. The molecule has 0 atom stereocenters. The highest BCUT2D eigenvalue weighted by atomic mass is 35.5. The van der Waals surface area contributed by atoms with Crippen molar-refractivity contribution in [2.24, 2.45) is 0 Å². The summed E-state index contributed by atoms with van der Waals surface area (Å²) in [5, 5.41) is 7.31. The van der Waals surface area contributed by atoms with Crippen LogP contribution in [0, 0.1) is 6.92 Å². The number of carbonyl (C=O) groups excluding carboxylic acids is 1. The van der Waals surface area contributed by atoms with Crippen molar-refractivity contribution < 1.29 is 22.5 Å². The summed E-state index contributed by atoms with van der Waals surface area (Å²) in [6.45, 7) is 3.34. The van der Waals surface area contributed by atoms with E-state index in [0.717, 1.165) is 5.56 Å². The molecule has 4 rings (SSSR count). The number of nitrogens with zero attached hydrogens (tertiary/aromatic N) is 3. The fraction of sp³-hybridized carbons (Fsp3) is 0.318. The van der Waals surface area contributed by atoms with Crippen molar-refractivity contribution in [2.75, 3.05) is 31.6 Å². The highest BCUT2D eigenvalue weighted by Crippen LogP contribution is 2.23. The van der Waals surface area contributed by atoms with E-state index in [1.165, 1.54) is 16.4 Å². The van der Waals surface area contributed by atoms with Crippen LogP contribution in [0.2, 0.25) is 5.02 Å². The number of aryl methyl sites for hydroxylation is 2. The second-order valence-corrected chi connectivity index (χ2v) is 9.91. The molecule has 0 spiro atoms. The molecule has 0 saturated carbocycles. The molecule has 1 N–H and O–H groups in total. The first-order valence-electron chi connectivity index (χ1n) is 10.4. The molecule has 1 aliphatic rings. The van der Waals surface area contributed by atoms with E-state index in [2.05, 4.69) is 15.5 Å². The van der Waals surface area contributed by atoms with E-state index < -0.39 is 10.0 Å². The van der Waals surface area contributed by atoms with Crippen molar-refractivity contribution in [2.45, 2.75) is 24.7 Å². The Morgan fingerprint density at radius 1 is 1.15 bits per heavy atom. The van der Waals surface area contributed by atoms with Gasteiger partial charge in [0.1, 0.15) is 0 Å². The van der Waals surface area contributed by atoms with Crippen molar-refractivity contribution in [1.82, 2.24) is 14.4 Å². The van der Waals surface area contributed by atoms with Gasteiger partial charge in [-0.1, -0.05) is 22.8 Å². The number of hydrogen-bond acceptors (Lipinski definition) is 7. The molecule has 1 saturated heterocycles. The van der Waals surface area contributed by atoms with Gasteiger partial charge in [0, 0.05) is 42.2 Å². The van der Waals surface area contributed by atoms with Crippen LogP contribution in [0.4, 0.5) is 5.69 Å². The Balaban J connectivity index is 1.36.